The summed E-state index contributed by atoms with van der Waals surface area (Å²) < 4.78 is 46.4. The van der Waals surface area contributed by atoms with Crippen LogP contribution in [0.4, 0.5) is 13.2 Å². The van der Waals surface area contributed by atoms with Crippen molar-refractivity contribution >= 4 is 5.91 Å². The molecule has 0 spiro atoms. The fourth-order valence-corrected chi connectivity index (χ4v) is 3.51. The lowest BCUT2D eigenvalue weighted by molar-refractivity contribution is -0.261. The second-order valence-corrected chi connectivity index (χ2v) is 7.42. The first kappa shape index (κ1) is 18.0. The van der Waals surface area contributed by atoms with Gasteiger partial charge in [-0.2, -0.15) is 18.3 Å². The Labute approximate surface area is 152 Å². The van der Waals surface area contributed by atoms with Gasteiger partial charge in [0.1, 0.15) is 11.4 Å². The first-order valence-electron chi connectivity index (χ1n) is 8.72. The van der Waals surface area contributed by atoms with Gasteiger partial charge in [-0.3, -0.25) is 9.48 Å². The minimum atomic E-state index is -4.89. The topological polar surface area (TPSA) is 84.4 Å². The molecule has 0 radical (unpaired) electrons. The molecule has 27 heavy (non-hydrogen) atoms. The summed E-state index contributed by atoms with van der Waals surface area (Å²) in [5.41, 5.74) is -2.98. The van der Waals surface area contributed by atoms with Gasteiger partial charge in [-0.1, -0.05) is 12.1 Å². The second kappa shape index (κ2) is 5.82. The van der Waals surface area contributed by atoms with Crippen LogP contribution in [0.1, 0.15) is 66.2 Å². The van der Waals surface area contributed by atoms with Gasteiger partial charge in [0.05, 0.1) is 12.6 Å². The van der Waals surface area contributed by atoms with E-state index in [0.717, 1.165) is 12.8 Å². The van der Waals surface area contributed by atoms with Crippen molar-refractivity contribution in [1.82, 2.24) is 19.8 Å². The summed E-state index contributed by atoms with van der Waals surface area (Å²) in [5, 5.41) is 17.7. The molecular weight excluding hydrogens is 365 g/mol. The Morgan fingerprint density at radius 2 is 2.07 bits per heavy atom. The normalized spacial score (nSPS) is 22.4. The highest BCUT2D eigenvalue weighted by molar-refractivity contribution is 5.92. The van der Waals surface area contributed by atoms with Crippen LogP contribution < -0.4 is 0 Å². The molecule has 146 valence electrons. The first-order valence-corrected chi connectivity index (χ1v) is 8.72. The van der Waals surface area contributed by atoms with Crippen LogP contribution >= 0.6 is 0 Å². The molecule has 1 N–H and O–H groups in total. The number of rotatable bonds is 3. The minimum Gasteiger partial charge on any atom is -0.375 e. The van der Waals surface area contributed by atoms with Crippen molar-refractivity contribution in [3.8, 4) is 0 Å². The minimum absolute atomic E-state index is 0.00467. The van der Waals surface area contributed by atoms with Crippen molar-refractivity contribution in [2.24, 2.45) is 0 Å². The van der Waals surface area contributed by atoms with Crippen LogP contribution in [0.15, 0.2) is 16.8 Å². The molecule has 0 unspecified atom stereocenters. The number of hydrogen-bond acceptors (Lipinski definition) is 5. The van der Waals surface area contributed by atoms with Crippen LogP contribution in [0, 0.1) is 0 Å². The van der Waals surface area contributed by atoms with Gasteiger partial charge in [0.2, 0.25) is 5.60 Å². The van der Waals surface area contributed by atoms with E-state index in [1.807, 2.05) is 0 Å². The zero-order chi connectivity index (χ0) is 19.6. The summed E-state index contributed by atoms with van der Waals surface area (Å²) in [6.45, 7) is 2.53. The molecular formula is C17H19F3N4O3. The molecule has 2 atom stereocenters. The van der Waals surface area contributed by atoms with E-state index in [0.29, 0.717) is 12.6 Å². The Balaban J connectivity index is 1.63. The zero-order valence-corrected chi connectivity index (χ0v) is 14.8. The number of halogens is 3. The maximum Gasteiger partial charge on any atom is 0.422 e. The molecule has 2 aliphatic rings. The van der Waals surface area contributed by atoms with Gasteiger partial charge in [-0.25, -0.2) is 0 Å². The molecule has 0 bridgehead atoms. The summed E-state index contributed by atoms with van der Waals surface area (Å²) in [4.78, 5) is 14.4. The van der Waals surface area contributed by atoms with Crippen LogP contribution in [0.3, 0.4) is 0 Å². The number of hydrogen-bond donors (Lipinski definition) is 1. The van der Waals surface area contributed by atoms with Gasteiger partial charge in [-0.15, -0.1) is 0 Å². The van der Waals surface area contributed by atoms with E-state index in [4.69, 9.17) is 4.52 Å². The summed E-state index contributed by atoms with van der Waals surface area (Å²) in [7, 11) is 0. The Hall–Kier alpha value is -2.36. The molecule has 2 aromatic rings. The Bertz CT molecular complexity index is 882. The third-order valence-electron chi connectivity index (χ3n) is 5.21. The average Bonchev–Trinajstić information content (AvgIpc) is 3.14. The largest absolute Gasteiger partial charge is 0.422 e. The second-order valence-electron chi connectivity index (χ2n) is 7.42. The molecule has 1 saturated carbocycles. The first-order chi connectivity index (χ1) is 12.6. The third-order valence-corrected chi connectivity index (χ3v) is 5.21. The molecule has 0 aromatic carbocycles. The van der Waals surface area contributed by atoms with Gasteiger partial charge in [0, 0.05) is 24.2 Å². The number of aliphatic hydroxyl groups is 1. The SMILES string of the molecule is C[C@H]1CN(C(=O)c2ccnn2C2CC2)Cc2onc([C@@](C)(O)C(F)(F)F)c21. The highest BCUT2D eigenvalue weighted by Gasteiger charge is 2.55. The number of nitrogens with zero attached hydrogens (tertiary/aromatic N) is 4. The van der Waals surface area contributed by atoms with Crippen LogP contribution in [0.5, 0.6) is 0 Å². The van der Waals surface area contributed by atoms with Gasteiger partial charge < -0.3 is 14.5 Å². The van der Waals surface area contributed by atoms with Crippen molar-refractivity contribution in [2.75, 3.05) is 6.54 Å². The average molecular weight is 384 g/mol. The molecule has 1 amide bonds. The predicted molar refractivity (Wildman–Crippen MR) is 85.8 cm³/mol. The van der Waals surface area contributed by atoms with Gasteiger partial charge in [-0.05, 0) is 25.8 Å². The van der Waals surface area contributed by atoms with Crippen LogP contribution in [-0.2, 0) is 12.1 Å². The fraction of sp³-hybridized carbons (Fsp3) is 0.588. The Kier molecular flexibility index (Phi) is 3.88. The smallest absolute Gasteiger partial charge is 0.375 e. The summed E-state index contributed by atoms with van der Waals surface area (Å²) in [5.74, 6) is -0.554. The lowest BCUT2D eigenvalue weighted by atomic mass is 9.87. The van der Waals surface area contributed by atoms with E-state index in [2.05, 4.69) is 10.3 Å². The number of aromatic nitrogens is 3. The lowest BCUT2D eigenvalue weighted by Gasteiger charge is -2.32. The predicted octanol–water partition coefficient (Wildman–Crippen LogP) is 2.74. The number of fused-ring (bicyclic) bond motifs is 1. The Morgan fingerprint density at radius 1 is 1.37 bits per heavy atom. The van der Waals surface area contributed by atoms with Crippen molar-refractivity contribution in [3.63, 3.8) is 0 Å². The number of amides is 1. The standard InChI is InChI=1S/C17H19F3N4O3/c1-9-7-23(15(25)11-5-6-21-24(11)10-3-4-10)8-12-13(9)14(22-27-12)16(2,26)17(18,19)20/h5-6,9-10,26H,3-4,7-8H2,1-2H3/t9-,16+/m0/s1. The van der Waals surface area contributed by atoms with Gasteiger partial charge in [0.15, 0.2) is 5.76 Å². The molecule has 1 aliphatic carbocycles. The number of carbonyl (C=O) groups is 1. The van der Waals surface area contributed by atoms with Crippen molar-refractivity contribution in [2.45, 2.75) is 57.0 Å². The molecule has 3 heterocycles. The van der Waals surface area contributed by atoms with Crippen molar-refractivity contribution in [1.29, 1.82) is 0 Å². The molecule has 10 heteroatoms. The molecule has 2 aromatic heterocycles. The summed E-state index contributed by atoms with van der Waals surface area (Å²) in [6.07, 6.45) is -1.38. The van der Waals surface area contributed by atoms with Gasteiger partial charge in [0.25, 0.3) is 5.91 Å². The van der Waals surface area contributed by atoms with E-state index in [-0.39, 0.29) is 36.4 Å². The van der Waals surface area contributed by atoms with E-state index >= 15 is 0 Å². The molecule has 1 aliphatic heterocycles. The highest BCUT2D eigenvalue weighted by atomic mass is 19.4. The Morgan fingerprint density at radius 3 is 2.70 bits per heavy atom. The molecule has 0 saturated heterocycles. The third kappa shape index (κ3) is 2.82. The zero-order valence-electron chi connectivity index (χ0n) is 14.8. The van der Waals surface area contributed by atoms with Crippen LogP contribution in [0.25, 0.3) is 0 Å². The number of alkyl halides is 3. The quantitative estimate of drug-likeness (QED) is 0.880. The van der Waals surface area contributed by atoms with E-state index in [1.165, 1.54) is 4.90 Å². The van der Waals surface area contributed by atoms with E-state index < -0.39 is 23.4 Å². The fourth-order valence-electron chi connectivity index (χ4n) is 3.51. The molecule has 4 rings (SSSR count). The van der Waals surface area contributed by atoms with Crippen molar-refractivity contribution < 1.29 is 27.6 Å². The monoisotopic (exact) mass is 384 g/mol. The lowest BCUT2D eigenvalue weighted by Crippen LogP contribution is -2.42. The van der Waals surface area contributed by atoms with Crippen LogP contribution in [0.2, 0.25) is 0 Å². The van der Waals surface area contributed by atoms with Crippen LogP contribution in [-0.4, -0.2) is 43.6 Å². The van der Waals surface area contributed by atoms with Gasteiger partial charge >= 0.3 is 6.18 Å². The maximum atomic E-state index is 13.2. The summed E-state index contributed by atoms with van der Waals surface area (Å²) in [6, 6.07) is 1.87. The maximum absolute atomic E-state index is 13.2. The highest BCUT2D eigenvalue weighted by Crippen LogP contribution is 2.43. The molecule has 1 fully saturated rings. The van der Waals surface area contributed by atoms with E-state index in [1.54, 1.807) is 23.9 Å². The van der Waals surface area contributed by atoms with E-state index in [9.17, 15) is 23.1 Å². The summed E-state index contributed by atoms with van der Waals surface area (Å²) >= 11 is 0. The van der Waals surface area contributed by atoms with Crippen molar-refractivity contribution in [3.05, 3.63) is 35.0 Å². The molecule has 7 nitrogen and oxygen atoms in total. The number of carbonyl (C=O) groups excluding carboxylic acids is 1.